The van der Waals surface area contributed by atoms with Gasteiger partial charge >= 0.3 is 0 Å². The van der Waals surface area contributed by atoms with Gasteiger partial charge in [0.15, 0.2) is 0 Å². The lowest BCUT2D eigenvalue weighted by atomic mass is 10.3. The molecular formula is C16H13N7S2. The maximum Gasteiger partial charge on any atom is 0.232 e. The number of fused-ring (bicyclic) bond motifs is 1. The molecule has 0 atom stereocenters. The molecule has 0 aliphatic rings. The number of nitrogen functional groups attached to an aromatic ring is 1. The van der Waals surface area contributed by atoms with Crippen molar-refractivity contribution in [3.63, 3.8) is 0 Å². The standard InChI is InChI=1S/C16H13N7S2/c17-15-21-12(22-16(23-15)20-10-4-2-1-3-5-10)8-25-14-13-11(6-7-24-13)18-9-19-14/h1-7,9H,8H2,(H3,17,20,21,22,23). The molecule has 3 aromatic heterocycles. The highest BCUT2D eigenvalue weighted by molar-refractivity contribution is 7.98. The van der Waals surface area contributed by atoms with Gasteiger partial charge in [0.05, 0.1) is 16.0 Å². The van der Waals surface area contributed by atoms with Crippen LogP contribution in [0.5, 0.6) is 0 Å². The third-order valence-electron chi connectivity index (χ3n) is 3.28. The highest BCUT2D eigenvalue weighted by Gasteiger charge is 2.09. The largest absolute Gasteiger partial charge is 0.368 e. The first-order valence-electron chi connectivity index (χ1n) is 7.41. The summed E-state index contributed by atoms with van der Waals surface area (Å²) in [4.78, 5) is 21.4. The van der Waals surface area contributed by atoms with Crippen molar-refractivity contribution in [3.05, 3.63) is 53.9 Å². The van der Waals surface area contributed by atoms with Gasteiger partial charge in [-0.3, -0.25) is 0 Å². The van der Waals surface area contributed by atoms with Crippen molar-refractivity contribution in [1.82, 2.24) is 24.9 Å². The van der Waals surface area contributed by atoms with Crippen LogP contribution in [0.4, 0.5) is 17.6 Å². The molecule has 0 aliphatic heterocycles. The smallest absolute Gasteiger partial charge is 0.232 e. The van der Waals surface area contributed by atoms with Gasteiger partial charge in [-0.25, -0.2) is 9.97 Å². The van der Waals surface area contributed by atoms with Crippen LogP contribution in [0.3, 0.4) is 0 Å². The third-order valence-corrected chi connectivity index (χ3v) is 5.30. The summed E-state index contributed by atoms with van der Waals surface area (Å²) in [6, 6.07) is 11.7. The molecule has 7 nitrogen and oxygen atoms in total. The van der Waals surface area contributed by atoms with Gasteiger partial charge in [-0.2, -0.15) is 15.0 Å². The number of rotatable bonds is 5. The van der Waals surface area contributed by atoms with E-state index in [0.717, 1.165) is 20.9 Å². The molecule has 0 aliphatic carbocycles. The number of hydrogen-bond acceptors (Lipinski definition) is 9. The highest BCUT2D eigenvalue weighted by atomic mass is 32.2. The molecule has 0 spiro atoms. The minimum Gasteiger partial charge on any atom is -0.368 e. The number of para-hydroxylation sites is 1. The Morgan fingerprint density at radius 1 is 1.04 bits per heavy atom. The van der Waals surface area contributed by atoms with Crippen molar-refractivity contribution in [1.29, 1.82) is 0 Å². The van der Waals surface area contributed by atoms with Crippen LogP contribution in [-0.2, 0) is 5.75 Å². The monoisotopic (exact) mass is 367 g/mol. The van der Waals surface area contributed by atoms with E-state index in [2.05, 4.69) is 30.2 Å². The fourth-order valence-corrected chi connectivity index (χ4v) is 4.01. The summed E-state index contributed by atoms with van der Waals surface area (Å²) < 4.78 is 1.07. The zero-order chi connectivity index (χ0) is 17.1. The molecule has 0 saturated carbocycles. The number of nitrogens with two attached hydrogens (primary N) is 1. The quantitative estimate of drug-likeness (QED) is 0.408. The van der Waals surface area contributed by atoms with E-state index in [1.165, 1.54) is 0 Å². The number of aromatic nitrogens is 5. The molecule has 0 amide bonds. The lowest BCUT2D eigenvalue weighted by molar-refractivity contribution is 0.980. The molecule has 0 saturated heterocycles. The van der Waals surface area contributed by atoms with Gasteiger partial charge in [-0.05, 0) is 23.6 Å². The van der Waals surface area contributed by atoms with Crippen LogP contribution in [0.1, 0.15) is 5.82 Å². The minimum atomic E-state index is 0.188. The predicted molar refractivity (Wildman–Crippen MR) is 101 cm³/mol. The van der Waals surface area contributed by atoms with Crippen LogP contribution in [-0.4, -0.2) is 24.9 Å². The first-order chi connectivity index (χ1) is 12.3. The Morgan fingerprint density at radius 3 is 2.80 bits per heavy atom. The maximum absolute atomic E-state index is 5.82. The summed E-state index contributed by atoms with van der Waals surface area (Å²) in [5.41, 5.74) is 7.66. The second-order valence-corrected chi connectivity index (χ2v) is 6.91. The predicted octanol–water partition coefficient (Wildman–Crippen LogP) is 3.49. The number of benzene rings is 1. The lowest BCUT2D eigenvalue weighted by Crippen LogP contribution is -2.06. The normalized spacial score (nSPS) is 10.9. The molecule has 3 N–H and O–H groups in total. The summed E-state index contributed by atoms with van der Waals surface area (Å²) in [6.07, 6.45) is 1.57. The zero-order valence-corrected chi connectivity index (χ0v) is 14.6. The van der Waals surface area contributed by atoms with E-state index in [-0.39, 0.29) is 5.95 Å². The topological polar surface area (TPSA) is 102 Å². The SMILES string of the molecule is Nc1nc(CSc2ncnc3ccsc23)nc(Nc2ccccc2)n1. The average molecular weight is 367 g/mol. The van der Waals surface area contributed by atoms with E-state index in [0.29, 0.717) is 17.5 Å². The average Bonchev–Trinajstić information content (AvgIpc) is 3.10. The van der Waals surface area contributed by atoms with Crippen molar-refractivity contribution in [3.8, 4) is 0 Å². The Morgan fingerprint density at radius 2 is 1.92 bits per heavy atom. The van der Waals surface area contributed by atoms with E-state index in [4.69, 9.17) is 5.73 Å². The molecule has 124 valence electrons. The van der Waals surface area contributed by atoms with Crippen molar-refractivity contribution in [2.45, 2.75) is 10.8 Å². The molecule has 1 aromatic carbocycles. The van der Waals surface area contributed by atoms with Crippen LogP contribution in [0.25, 0.3) is 10.2 Å². The van der Waals surface area contributed by atoms with Gasteiger partial charge in [-0.15, -0.1) is 11.3 Å². The van der Waals surface area contributed by atoms with Crippen LogP contribution in [0.2, 0.25) is 0 Å². The van der Waals surface area contributed by atoms with Gasteiger partial charge in [-0.1, -0.05) is 30.0 Å². The molecule has 9 heteroatoms. The number of nitrogens with one attached hydrogen (secondary N) is 1. The summed E-state index contributed by atoms with van der Waals surface area (Å²) >= 11 is 3.18. The Kier molecular flexibility index (Phi) is 4.40. The van der Waals surface area contributed by atoms with Crippen LogP contribution in [0, 0.1) is 0 Å². The third kappa shape index (κ3) is 3.67. The molecule has 4 rings (SSSR count). The van der Waals surface area contributed by atoms with Gasteiger partial charge in [0.25, 0.3) is 0 Å². The van der Waals surface area contributed by atoms with Crippen LogP contribution >= 0.6 is 23.1 Å². The van der Waals surface area contributed by atoms with Crippen molar-refractivity contribution < 1.29 is 0 Å². The summed E-state index contributed by atoms with van der Waals surface area (Å²) in [5, 5.41) is 6.05. The number of hydrogen-bond donors (Lipinski definition) is 2. The Labute approximate surface area is 151 Å². The van der Waals surface area contributed by atoms with E-state index in [9.17, 15) is 0 Å². The minimum absolute atomic E-state index is 0.188. The van der Waals surface area contributed by atoms with Crippen molar-refractivity contribution >= 4 is 50.9 Å². The van der Waals surface area contributed by atoms with Gasteiger partial charge < -0.3 is 11.1 Å². The molecule has 0 unspecified atom stereocenters. The molecule has 3 heterocycles. The van der Waals surface area contributed by atoms with Gasteiger partial charge in [0.2, 0.25) is 11.9 Å². The number of thiophene rings is 1. The molecule has 25 heavy (non-hydrogen) atoms. The van der Waals surface area contributed by atoms with Crippen molar-refractivity contribution in [2.24, 2.45) is 0 Å². The van der Waals surface area contributed by atoms with E-state index in [1.54, 1.807) is 29.4 Å². The fourth-order valence-electron chi connectivity index (χ4n) is 2.21. The molecule has 0 fully saturated rings. The second kappa shape index (κ2) is 6.99. The summed E-state index contributed by atoms with van der Waals surface area (Å²) in [6.45, 7) is 0. The molecule has 0 radical (unpaired) electrons. The first-order valence-corrected chi connectivity index (χ1v) is 9.28. The fraction of sp³-hybridized carbons (Fsp3) is 0.0625. The van der Waals surface area contributed by atoms with E-state index >= 15 is 0 Å². The van der Waals surface area contributed by atoms with Crippen LogP contribution < -0.4 is 11.1 Å². The van der Waals surface area contributed by atoms with Gasteiger partial charge in [0.1, 0.15) is 17.2 Å². The Balaban J connectivity index is 1.53. The summed E-state index contributed by atoms with van der Waals surface area (Å²) in [5.74, 6) is 1.76. The van der Waals surface area contributed by atoms with Crippen LogP contribution in [0.15, 0.2) is 53.1 Å². The second-order valence-electron chi connectivity index (χ2n) is 5.03. The van der Waals surface area contributed by atoms with E-state index < -0.39 is 0 Å². The first kappa shape index (κ1) is 15.7. The number of thioether (sulfide) groups is 1. The highest BCUT2D eigenvalue weighted by Crippen LogP contribution is 2.30. The Bertz CT molecular complexity index is 1000. The van der Waals surface area contributed by atoms with E-state index in [1.807, 2.05) is 41.8 Å². The van der Waals surface area contributed by atoms with Crippen molar-refractivity contribution in [2.75, 3.05) is 11.1 Å². The molecule has 4 aromatic rings. The maximum atomic E-state index is 5.82. The Hall–Kier alpha value is -2.78. The number of anilines is 3. The van der Waals surface area contributed by atoms with Gasteiger partial charge in [0, 0.05) is 5.69 Å². The molecular weight excluding hydrogens is 354 g/mol. The lowest BCUT2D eigenvalue weighted by Gasteiger charge is -2.07. The molecule has 0 bridgehead atoms. The number of nitrogens with zero attached hydrogens (tertiary/aromatic N) is 5. The zero-order valence-electron chi connectivity index (χ0n) is 13.0. The summed E-state index contributed by atoms with van der Waals surface area (Å²) in [7, 11) is 0.